The van der Waals surface area contributed by atoms with Crippen molar-refractivity contribution in [2.45, 2.75) is 27.3 Å². The summed E-state index contributed by atoms with van der Waals surface area (Å²) in [4.78, 5) is 12.0. The normalized spacial score (nSPS) is 11.0. The molecule has 0 spiro atoms. The SMILES string of the molecule is CCn1nc(C)c(/C=C/C(=O)Nc2ccccc2I)c1C. The Morgan fingerprint density at radius 1 is 1.38 bits per heavy atom. The fraction of sp³-hybridized carbons (Fsp3) is 0.250. The summed E-state index contributed by atoms with van der Waals surface area (Å²) in [6.45, 7) is 6.85. The molecule has 0 unspecified atom stereocenters. The number of amides is 1. The van der Waals surface area contributed by atoms with Crippen LogP contribution in [0.3, 0.4) is 0 Å². The first-order valence-corrected chi connectivity index (χ1v) is 7.88. The fourth-order valence-electron chi connectivity index (χ4n) is 2.16. The summed E-state index contributed by atoms with van der Waals surface area (Å²) in [5.74, 6) is -0.137. The Hall–Kier alpha value is -1.63. The van der Waals surface area contributed by atoms with Gasteiger partial charge in [0.1, 0.15) is 0 Å². The van der Waals surface area contributed by atoms with Crippen LogP contribution in [0.1, 0.15) is 23.9 Å². The second kappa shape index (κ2) is 6.89. The summed E-state index contributed by atoms with van der Waals surface area (Å²) < 4.78 is 2.95. The van der Waals surface area contributed by atoms with Crippen LogP contribution in [0.4, 0.5) is 5.69 Å². The number of carbonyl (C=O) groups is 1. The molecule has 1 heterocycles. The zero-order chi connectivity index (χ0) is 15.4. The van der Waals surface area contributed by atoms with Gasteiger partial charge in [0.2, 0.25) is 5.91 Å². The zero-order valence-electron chi connectivity index (χ0n) is 12.4. The van der Waals surface area contributed by atoms with E-state index in [1.807, 2.05) is 48.9 Å². The molecule has 0 radical (unpaired) electrons. The van der Waals surface area contributed by atoms with Crippen molar-refractivity contribution in [3.8, 4) is 0 Å². The van der Waals surface area contributed by atoms with Crippen LogP contribution in [-0.4, -0.2) is 15.7 Å². The van der Waals surface area contributed by atoms with Crippen molar-refractivity contribution in [1.82, 2.24) is 9.78 Å². The van der Waals surface area contributed by atoms with Gasteiger partial charge in [-0.05, 0) is 61.6 Å². The van der Waals surface area contributed by atoms with Crippen molar-refractivity contribution in [3.63, 3.8) is 0 Å². The van der Waals surface area contributed by atoms with Crippen molar-refractivity contribution in [2.75, 3.05) is 5.32 Å². The minimum absolute atomic E-state index is 0.137. The van der Waals surface area contributed by atoms with Crippen LogP contribution in [0, 0.1) is 17.4 Å². The van der Waals surface area contributed by atoms with E-state index in [1.54, 1.807) is 6.08 Å². The third-order valence-corrected chi connectivity index (χ3v) is 4.21. The van der Waals surface area contributed by atoms with Crippen molar-refractivity contribution in [1.29, 1.82) is 0 Å². The van der Waals surface area contributed by atoms with Crippen LogP contribution in [0.2, 0.25) is 0 Å². The number of para-hydroxylation sites is 1. The molecule has 21 heavy (non-hydrogen) atoms. The van der Waals surface area contributed by atoms with E-state index < -0.39 is 0 Å². The van der Waals surface area contributed by atoms with Gasteiger partial charge < -0.3 is 5.32 Å². The molecular formula is C16H18IN3O. The first kappa shape index (κ1) is 15.8. The Balaban J connectivity index is 2.13. The van der Waals surface area contributed by atoms with Gasteiger partial charge in [0.25, 0.3) is 0 Å². The van der Waals surface area contributed by atoms with Crippen molar-refractivity contribution in [3.05, 3.63) is 50.9 Å². The lowest BCUT2D eigenvalue weighted by Gasteiger charge is -2.04. The summed E-state index contributed by atoms with van der Waals surface area (Å²) in [6, 6.07) is 7.69. The first-order valence-electron chi connectivity index (χ1n) is 6.80. The molecule has 2 rings (SSSR count). The van der Waals surface area contributed by atoms with E-state index in [2.05, 4.69) is 39.9 Å². The molecule has 5 heteroatoms. The predicted molar refractivity (Wildman–Crippen MR) is 94.2 cm³/mol. The highest BCUT2D eigenvalue weighted by Gasteiger charge is 2.08. The highest BCUT2D eigenvalue weighted by atomic mass is 127. The third-order valence-electron chi connectivity index (χ3n) is 3.27. The van der Waals surface area contributed by atoms with E-state index >= 15 is 0 Å². The number of hydrogen-bond donors (Lipinski definition) is 1. The molecule has 1 aromatic carbocycles. The highest BCUT2D eigenvalue weighted by Crippen LogP contribution is 2.18. The van der Waals surface area contributed by atoms with Gasteiger partial charge in [0.05, 0.1) is 11.4 Å². The average molecular weight is 395 g/mol. The Labute approximate surface area is 138 Å². The number of anilines is 1. The van der Waals surface area contributed by atoms with E-state index in [0.717, 1.165) is 32.8 Å². The second-order valence-electron chi connectivity index (χ2n) is 4.70. The summed E-state index contributed by atoms with van der Waals surface area (Å²) in [5, 5.41) is 7.32. The maximum Gasteiger partial charge on any atom is 0.248 e. The first-order chi connectivity index (χ1) is 10.0. The standard InChI is InChI=1S/C16H18IN3O/c1-4-20-12(3)13(11(2)19-20)9-10-16(21)18-15-8-6-5-7-14(15)17/h5-10H,4H2,1-3H3,(H,18,21)/b10-9+. The van der Waals surface area contributed by atoms with Crippen LogP contribution in [0.25, 0.3) is 6.08 Å². The predicted octanol–water partition coefficient (Wildman–Crippen LogP) is 3.78. The summed E-state index contributed by atoms with van der Waals surface area (Å²) in [7, 11) is 0. The molecule has 1 N–H and O–H groups in total. The van der Waals surface area contributed by atoms with Gasteiger partial charge in [0, 0.05) is 27.4 Å². The van der Waals surface area contributed by atoms with E-state index in [4.69, 9.17) is 0 Å². The van der Waals surface area contributed by atoms with Crippen LogP contribution >= 0.6 is 22.6 Å². The lowest BCUT2D eigenvalue weighted by Crippen LogP contribution is -2.08. The van der Waals surface area contributed by atoms with E-state index in [1.165, 1.54) is 0 Å². The molecule has 0 atom stereocenters. The molecule has 1 aromatic heterocycles. The third kappa shape index (κ3) is 3.72. The van der Waals surface area contributed by atoms with Gasteiger partial charge in [-0.2, -0.15) is 5.10 Å². The Kier molecular flexibility index (Phi) is 5.17. The van der Waals surface area contributed by atoms with Gasteiger partial charge in [0.15, 0.2) is 0 Å². The minimum Gasteiger partial charge on any atom is -0.322 e. The van der Waals surface area contributed by atoms with Crippen molar-refractivity contribution in [2.24, 2.45) is 0 Å². The Bertz CT molecular complexity index is 689. The van der Waals surface area contributed by atoms with Crippen LogP contribution < -0.4 is 5.32 Å². The number of benzene rings is 1. The van der Waals surface area contributed by atoms with E-state index in [0.29, 0.717) is 0 Å². The minimum atomic E-state index is -0.137. The molecule has 0 aliphatic rings. The highest BCUT2D eigenvalue weighted by molar-refractivity contribution is 14.1. The van der Waals surface area contributed by atoms with Crippen LogP contribution in [0.5, 0.6) is 0 Å². The lowest BCUT2D eigenvalue weighted by molar-refractivity contribution is -0.111. The maximum absolute atomic E-state index is 12.0. The Morgan fingerprint density at radius 3 is 2.71 bits per heavy atom. The molecule has 0 aliphatic carbocycles. The number of nitrogens with zero attached hydrogens (tertiary/aromatic N) is 2. The average Bonchev–Trinajstić information content (AvgIpc) is 2.74. The molecule has 0 saturated carbocycles. The number of carbonyl (C=O) groups excluding carboxylic acids is 1. The maximum atomic E-state index is 12.0. The zero-order valence-corrected chi connectivity index (χ0v) is 14.5. The van der Waals surface area contributed by atoms with E-state index in [9.17, 15) is 4.79 Å². The molecule has 4 nitrogen and oxygen atoms in total. The van der Waals surface area contributed by atoms with E-state index in [-0.39, 0.29) is 5.91 Å². The number of hydrogen-bond acceptors (Lipinski definition) is 2. The molecule has 1 amide bonds. The van der Waals surface area contributed by atoms with Gasteiger partial charge in [-0.1, -0.05) is 12.1 Å². The molecule has 0 fully saturated rings. The van der Waals surface area contributed by atoms with Gasteiger partial charge in [-0.15, -0.1) is 0 Å². The molecule has 0 aliphatic heterocycles. The molecule has 0 bridgehead atoms. The number of aryl methyl sites for hydroxylation is 2. The fourth-order valence-corrected chi connectivity index (χ4v) is 2.68. The van der Waals surface area contributed by atoms with Gasteiger partial charge in [-0.3, -0.25) is 9.48 Å². The molecular weight excluding hydrogens is 377 g/mol. The lowest BCUT2D eigenvalue weighted by atomic mass is 10.2. The number of halogens is 1. The molecule has 2 aromatic rings. The monoisotopic (exact) mass is 395 g/mol. The summed E-state index contributed by atoms with van der Waals surface area (Å²) in [6.07, 6.45) is 3.38. The topological polar surface area (TPSA) is 46.9 Å². The number of aromatic nitrogens is 2. The molecule has 110 valence electrons. The van der Waals surface area contributed by atoms with Crippen LogP contribution in [-0.2, 0) is 11.3 Å². The van der Waals surface area contributed by atoms with Crippen molar-refractivity contribution >= 4 is 40.3 Å². The number of nitrogens with one attached hydrogen (secondary N) is 1. The van der Waals surface area contributed by atoms with Gasteiger partial charge in [-0.25, -0.2) is 0 Å². The summed E-state index contributed by atoms with van der Waals surface area (Å²) in [5.41, 5.74) is 3.85. The second-order valence-corrected chi connectivity index (χ2v) is 5.86. The van der Waals surface area contributed by atoms with Gasteiger partial charge >= 0.3 is 0 Å². The number of rotatable bonds is 4. The largest absolute Gasteiger partial charge is 0.322 e. The van der Waals surface area contributed by atoms with Crippen molar-refractivity contribution < 1.29 is 4.79 Å². The smallest absolute Gasteiger partial charge is 0.248 e. The molecule has 0 saturated heterocycles. The van der Waals surface area contributed by atoms with Crippen LogP contribution in [0.15, 0.2) is 30.3 Å². The quantitative estimate of drug-likeness (QED) is 0.633. The Morgan fingerprint density at radius 2 is 2.10 bits per heavy atom. The summed E-state index contributed by atoms with van der Waals surface area (Å²) >= 11 is 2.20.